The quantitative estimate of drug-likeness (QED) is 0.536. The molecule has 0 atom stereocenters. The Labute approximate surface area is 83.9 Å². The van der Waals surface area contributed by atoms with Gasteiger partial charge in [0.15, 0.2) is 0 Å². The lowest BCUT2D eigenvalue weighted by Crippen LogP contribution is -1.93. The van der Waals surface area contributed by atoms with Gasteiger partial charge < -0.3 is 9.53 Å². The van der Waals surface area contributed by atoms with Gasteiger partial charge in [-0.25, -0.2) is 0 Å². The number of hydrogen-bond donors (Lipinski definition) is 0. The Balaban J connectivity index is 2.85. The molecular weight excluding hydrogens is 176 g/mol. The SMILES string of the molecule is CCOc1ccccc1C#CCC=O. The van der Waals surface area contributed by atoms with Crippen LogP contribution in [0.5, 0.6) is 5.75 Å². The summed E-state index contributed by atoms with van der Waals surface area (Å²) in [5.41, 5.74) is 0.830. The molecule has 14 heavy (non-hydrogen) atoms. The Morgan fingerprint density at radius 3 is 2.93 bits per heavy atom. The summed E-state index contributed by atoms with van der Waals surface area (Å²) in [6.07, 6.45) is 1.05. The fourth-order valence-electron chi connectivity index (χ4n) is 1.04. The van der Waals surface area contributed by atoms with E-state index in [2.05, 4.69) is 11.8 Å². The van der Waals surface area contributed by atoms with Gasteiger partial charge in [-0.2, -0.15) is 0 Å². The number of hydrogen-bond acceptors (Lipinski definition) is 2. The molecule has 1 aromatic carbocycles. The zero-order valence-corrected chi connectivity index (χ0v) is 8.12. The minimum atomic E-state index is 0.264. The average Bonchev–Trinajstić information content (AvgIpc) is 2.21. The van der Waals surface area contributed by atoms with Gasteiger partial charge in [-0.05, 0) is 19.1 Å². The molecule has 2 heteroatoms. The molecule has 0 spiro atoms. The molecule has 1 aromatic rings. The third-order valence-electron chi connectivity index (χ3n) is 1.60. The van der Waals surface area contributed by atoms with Crippen molar-refractivity contribution in [1.29, 1.82) is 0 Å². The van der Waals surface area contributed by atoms with Crippen LogP contribution < -0.4 is 4.74 Å². The predicted molar refractivity (Wildman–Crippen MR) is 55.2 cm³/mol. The number of aldehydes is 1. The van der Waals surface area contributed by atoms with Crippen molar-refractivity contribution in [2.24, 2.45) is 0 Å². The van der Waals surface area contributed by atoms with Gasteiger partial charge in [0.1, 0.15) is 12.0 Å². The van der Waals surface area contributed by atoms with Gasteiger partial charge >= 0.3 is 0 Å². The van der Waals surface area contributed by atoms with Gasteiger partial charge in [-0.3, -0.25) is 0 Å². The highest BCUT2D eigenvalue weighted by molar-refractivity contribution is 5.56. The number of para-hydroxylation sites is 1. The largest absolute Gasteiger partial charge is 0.493 e. The van der Waals surface area contributed by atoms with Gasteiger partial charge in [0.2, 0.25) is 0 Å². The highest BCUT2D eigenvalue weighted by atomic mass is 16.5. The van der Waals surface area contributed by atoms with Crippen LogP contribution in [0.4, 0.5) is 0 Å². The first kappa shape index (κ1) is 10.3. The molecule has 0 saturated carbocycles. The first-order valence-corrected chi connectivity index (χ1v) is 4.52. The van der Waals surface area contributed by atoms with Crippen LogP contribution >= 0.6 is 0 Å². The predicted octanol–water partition coefficient (Wildman–Crippen LogP) is 2.03. The van der Waals surface area contributed by atoms with E-state index in [4.69, 9.17) is 4.74 Å². The Hall–Kier alpha value is -1.75. The molecule has 0 saturated heterocycles. The minimum absolute atomic E-state index is 0.264. The van der Waals surface area contributed by atoms with Crippen molar-refractivity contribution in [2.45, 2.75) is 13.3 Å². The average molecular weight is 188 g/mol. The van der Waals surface area contributed by atoms with E-state index in [9.17, 15) is 4.79 Å². The zero-order valence-electron chi connectivity index (χ0n) is 8.12. The fourth-order valence-corrected chi connectivity index (χ4v) is 1.04. The smallest absolute Gasteiger partial charge is 0.134 e. The second-order valence-corrected chi connectivity index (χ2v) is 2.60. The monoisotopic (exact) mass is 188 g/mol. The molecule has 72 valence electrons. The summed E-state index contributed by atoms with van der Waals surface area (Å²) >= 11 is 0. The van der Waals surface area contributed by atoms with E-state index in [0.29, 0.717) is 6.61 Å². The number of ether oxygens (including phenoxy) is 1. The van der Waals surface area contributed by atoms with Crippen LogP contribution in [0.25, 0.3) is 0 Å². The molecule has 0 aliphatic heterocycles. The number of benzene rings is 1. The van der Waals surface area contributed by atoms with E-state index < -0.39 is 0 Å². The molecule has 0 unspecified atom stereocenters. The van der Waals surface area contributed by atoms with E-state index in [-0.39, 0.29) is 6.42 Å². The standard InChI is InChI=1S/C12H12O2/c1-2-14-12-9-4-3-7-11(12)8-5-6-10-13/h3-4,7,9-10H,2,6H2,1H3. The van der Waals surface area contributed by atoms with Crippen molar-refractivity contribution in [3.8, 4) is 17.6 Å². The van der Waals surface area contributed by atoms with Crippen molar-refractivity contribution >= 4 is 6.29 Å². The minimum Gasteiger partial charge on any atom is -0.493 e. The fraction of sp³-hybridized carbons (Fsp3) is 0.250. The van der Waals surface area contributed by atoms with Crippen LogP contribution in [0.2, 0.25) is 0 Å². The molecule has 0 heterocycles. The maximum Gasteiger partial charge on any atom is 0.134 e. The van der Waals surface area contributed by atoms with Crippen LogP contribution in [0.3, 0.4) is 0 Å². The second-order valence-electron chi connectivity index (χ2n) is 2.60. The highest BCUT2D eigenvalue weighted by Gasteiger charge is 1.97. The van der Waals surface area contributed by atoms with Gasteiger partial charge in [0, 0.05) is 0 Å². The Kier molecular flexibility index (Phi) is 4.30. The summed E-state index contributed by atoms with van der Waals surface area (Å²) in [6, 6.07) is 7.54. The Morgan fingerprint density at radius 1 is 1.43 bits per heavy atom. The van der Waals surface area contributed by atoms with Crippen LogP contribution in [0, 0.1) is 11.8 Å². The molecule has 1 rings (SSSR count). The van der Waals surface area contributed by atoms with Crippen molar-refractivity contribution in [1.82, 2.24) is 0 Å². The van der Waals surface area contributed by atoms with E-state index >= 15 is 0 Å². The number of rotatable bonds is 3. The molecule has 0 fully saturated rings. The van der Waals surface area contributed by atoms with Crippen LogP contribution in [0.15, 0.2) is 24.3 Å². The maximum atomic E-state index is 10.1. The van der Waals surface area contributed by atoms with E-state index in [1.165, 1.54) is 0 Å². The summed E-state index contributed by atoms with van der Waals surface area (Å²) in [6.45, 7) is 2.54. The molecule has 0 bridgehead atoms. The van der Waals surface area contributed by atoms with Crippen molar-refractivity contribution in [3.05, 3.63) is 29.8 Å². The molecule has 0 amide bonds. The van der Waals surface area contributed by atoms with E-state index in [0.717, 1.165) is 17.6 Å². The van der Waals surface area contributed by atoms with Gasteiger partial charge in [0.25, 0.3) is 0 Å². The molecule has 0 radical (unpaired) electrons. The highest BCUT2D eigenvalue weighted by Crippen LogP contribution is 2.16. The third kappa shape index (κ3) is 2.95. The lowest BCUT2D eigenvalue weighted by molar-refractivity contribution is -0.107. The lowest BCUT2D eigenvalue weighted by atomic mass is 10.2. The number of carbonyl (C=O) groups is 1. The van der Waals surface area contributed by atoms with Crippen molar-refractivity contribution in [2.75, 3.05) is 6.61 Å². The normalized spacial score (nSPS) is 8.64. The summed E-state index contributed by atoms with van der Waals surface area (Å²) in [5.74, 6) is 6.42. The summed E-state index contributed by atoms with van der Waals surface area (Å²) < 4.78 is 5.38. The van der Waals surface area contributed by atoms with E-state index in [1.54, 1.807) is 0 Å². The Morgan fingerprint density at radius 2 is 2.21 bits per heavy atom. The summed E-state index contributed by atoms with van der Waals surface area (Å²) in [7, 11) is 0. The molecule has 0 aliphatic carbocycles. The van der Waals surface area contributed by atoms with Crippen molar-refractivity contribution < 1.29 is 9.53 Å². The summed E-state index contributed by atoms with van der Waals surface area (Å²) in [5, 5.41) is 0. The molecule has 0 aromatic heterocycles. The van der Waals surface area contributed by atoms with E-state index in [1.807, 2.05) is 31.2 Å². The molecule has 0 aliphatic rings. The zero-order chi connectivity index (χ0) is 10.2. The topological polar surface area (TPSA) is 26.3 Å². The van der Waals surface area contributed by atoms with Crippen LogP contribution in [0.1, 0.15) is 18.9 Å². The van der Waals surface area contributed by atoms with Gasteiger partial charge in [0.05, 0.1) is 18.6 Å². The first-order valence-electron chi connectivity index (χ1n) is 4.52. The van der Waals surface area contributed by atoms with Gasteiger partial charge in [-0.15, -0.1) is 0 Å². The van der Waals surface area contributed by atoms with Crippen LogP contribution in [-0.4, -0.2) is 12.9 Å². The second kappa shape index (κ2) is 5.82. The Bertz CT molecular complexity index is 358. The molecule has 2 nitrogen and oxygen atoms in total. The summed E-state index contributed by atoms with van der Waals surface area (Å²) in [4.78, 5) is 10.1. The van der Waals surface area contributed by atoms with Crippen molar-refractivity contribution in [3.63, 3.8) is 0 Å². The van der Waals surface area contributed by atoms with Crippen LogP contribution in [-0.2, 0) is 4.79 Å². The number of carbonyl (C=O) groups excluding carboxylic acids is 1. The van der Waals surface area contributed by atoms with Gasteiger partial charge in [-0.1, -0.05) is 24.0 Å². The lowest BCUT2D eigenvalue weighted by Gasteiger charge is -2.04. The molecular formula is C12H12O2. The third-order valence-corrected chi connectivity index (χ3v) is 1.60. The molecule has 0 N–H and O–H groups in total. The first-order chi connectivity index (χ1) is 6.88. The maximum absolute atomic E-state index is 10.1.